The molecule has 2 aromatic rings. The molecule has 0 bridgehead atoms. The summed E-state index contributed by atoms with van der Waals surface area (Å²) in [4.78, 5) is 37.8. The molecule has 1 unspecified atom stereocenters. The predicted octanol–water partition coefficient (Wildman–Crippen LogP) is 2.76. The van der Waals surface area contributed by atoms with Crippen LogP contribution in [0.1, 0.15) is 17.5 Å². The zero-order valence-electron chi connectivity index (χ0n) is 17.9. The molecule has 0 radical (unpaired) electrons. The Hall–Kier alpha value is -3.76. The van der Waals surface area contributed by atoms with Crippen molar-refractivity contribution in [3.05, 3.63) is 59.7 Å². The average molecular weight is 465 g/mol. The van der Waals surface area contributed by atoms with E-state index in [0.717, 1.165) is 0 Å². The zero-order valence-corrected chi connectivity index (χ0v) is 17.9. The van der Waals surface area contributed by atoms with Gasteiger partial charge < -0.3 is 14.8 Å². The SMILES string of the molecule is COc1ccc(CCC(=O)NC2(C(F)(F)F)NC(=O)N(Cc3ccc(OC)cc3)C2=O)cc1. The first kappa shape index (κ1) is 23.9. The van der Waals surface area contributed by atoms with Crippen molar-refractivity contribution in [1.82, 2.24) is 15.5 Å². The molecule has 8 nitrogen and oxygen atoms in total. The lowest BCUT2D eigenvalue weighted by atomic mass is 10.1. The normalized spacial score (nSPS) is 18.2. The van der Waals surface area contributed by atoms with E-state index in [-0.39, 0.29) is 12.8 Å². The van der Waals surface area contributed by atoms with Crippen molar-refractivity contribution in [3.8, 4) is 11.5 Å². The molecule has 11 heteroatoms. The summed E-state index contributed by atoms with van der Waals surface area (Å²) in [6.07, 6.45) is -5.46. The number of nitrogens with zero attached hydrogens (tertiary/aromatic N) is 1. The minimum atomic E-state index is -5.26. The van der Waals surface area contributed by atoms with Crippen molar-refractivity contribution < 1.29 is 37.0 Å². The number of nitrogens with one attached hydrogen (secondary N) is 2. The largest absolute Gasteiger partial charge is 0.497 e. The quantitative estimate of drug-likeness (QED) is 0.585. The van der Waals surface area contributed by atoms with Crippen LogP contribution in [0.2, 0.25) is 0 Å². The second-order valence-corrected chi connectivity index (χ2v) is 7.31. The molecule has 0 aliphatic carbocycles. The molecule has 33 heavy (non-hydrogen) atoms. The van der Waals surface area contributed by atoms with Gasteiger partial charge in [-0.2, -0.15) is 13.2 Å². The maximum atomic E-state index is 14.0. The molecule has 1 fully saturated rings. The van der Waals surface area contributed by atoms with E-state index in [1.807, 2.05) is 0 Å². The van der Waals surface area contributed by atoms with E-state index in [4.69, 9.17) is 9.47 Å². The minimum Gasteiger partial charge on any atom is -0.497 e. The Labute approximate surface area is 187 Å². The highest BCUT2D eigenvalue weighted by atomic mass is 19.4. The Morgan fingerprint density at radius 3 is 1.97 bits per heavy atom. The fourth-order valence-corrected chi connectivity index (χ4v) is 3.30. The van der Waals surface area contributed by atoms with Crippen LogP contribution in [0.3, 0.4) is 0 Å². The molecule has 0 spiro atoms. The van der Waals surface area contributed by atoms with E-state index in [2.05, 4.69) is 0 Å². The lowest BCUT2D eigenvalue weighted by Crippen LogP contribution is -2.69. The molecule has 4 amide bonds. The van der Waals surface area contributed by atoms with Gasteiger partial charge in [-0.1, -0.05) is 24.3 Å². The fourth-order valence-electron chi connectivity index (χ4n) is 3.30. The van der Waals surface area contributed by atoms with E-state index in [1.165, 1.54) is 26.4 Å². The van der Waals surface area contributed by atoms with Crippen molar-refractivity contribution in [2.24, 2.45) is 0 Å². The van der Waals surface area contributed by atoms with Crippen molar-refractivity contribution in [3.63, 3.8) is 0 Å². The van der Waals surface area contributed by atoms with Gasteiger partial charge in [0.05, 0.1) is 20.8 Å². The van der Waals surface area contributed by atoms with Crippen molar-refractivity contribution in [1.29, 1.82) is 0 Å². The smallest absolute Gasteiger partial charge is 0.440 e. The van der Waals surface area contributed by atoms with Gasteiger partial charge in [0.2, 0.25) is 5.91 Å². The molecular weight excluding hydrogens is 443 g/mol. The zero-order chi connectivity index (χ0) is 24.2. The molecule has 2 N–H and O–H groups in total. The van der Waals surface area contributed by atoms with Gasteiger partial charge in [0.1, 0.15) is 11.5 Å². The Balaban J connectivity index is 1.73. The number of ether oxygens (including phenoxy) is 2. The summed E-state index contributed by atoms with van der Waals surface area (Å²) in [5.74, 6) is -1.54. The lowest BCUT2D eigenvalue weighted by Gasteiger charge is -2.30. The van der Waals surface area contributed by atoms with Crippen molar-refractivity contribution in [2.45, 2.75) is 31.2 Å². The van der Waals surface area contributed by atoms with Gasteiger partial charge in [-0.3, -0.25) is 19.8 Å². The maximum absolute atomic E-state index is 14.0. The summed E-state index contributed by atoms with van der Waals surface area (Å²) in [5, 5.41) is 3.34. The standard InChI is InChI=1S/C22H22F3N3O5/c1-32-16-8-3-14(4-9-16)7-12-18(29)26-21(22(23,24)25)19(30)28(20(31)27-21)13-15-5-10-17(33-2)11-6-15/h3-6,8-11H,7,12-13H2,1-2H3,(H,26,29)(H,27,31). The third-order valence-electron chi connectivity index (χ3n) is 5.16. The molecule has 1 aliphatic rings. The van der Waals surface area contributed by atoms with Crippen molar-refractivity contribution >= 4 is 17.8 Å². The third kappa shape index (κ3) is 5.02. The first-order valence-corrected chi connectivity index (χ1v) is 9.87. The number of hydrogen-bond donors (Lipinski definition) is 2. The minimum absolute atomic E-state index is 0.126. The molecule has 3 rings (SSSR count). The van der Waals surface area contributed by atoms with Crippen LogP contribution in [0, 0.1) is 0 Å². The Kier molecular flexibility index (Phi) is 6.80. The van der Waals surface area contributed by atoms with Gasteiger partial charge in [0, 0.05) is 6.42 Å². The van der Waals surface area contributed by atoms with Crippen LogP contribution >= 0.6 is 0 Å². The summed E-state index contributed by atoms with van der Waals surface area (Å²) in [5.41, 5.74) is -2.44. The first-order valence-electron chi connectivity index (χ1n) is 9.87. The van der Waals surface area contributed by atoms with Crippen LogP contribution in [-0.2, 0) is 22.6 Å². The summed E-state index contributed by atoms with van der Waals surface area (Å²) in [7, 11) is 2.94. The van der Waals surface area contributed by atoms with E-state index in [0.29, 0.717) is 27.5 Å². The number of carbonyl (C=O) groups excluding carboxylic acids is 3. The number of halogens is 3. The van der Waals surface area contributed by atoms with Gasteiger partial charge >= 0.3 is 12.2 Å². The summed E-state index contributed by atoms with van der Waals surface area (Å²) < 4.78 is 51.9. The number of urea groups is 1. The maximum Gasteiger partial charge on any atom is 0.440 e. The average Bonchev–Trinajstić information content (AvgIpc) is 3.03. The monoisotopic (exact) mass is 465 g/mol. The molecule has 1 heterocycles. The number of amides is 4. The molecule has 176 valence electrons. The number of hydrogen-bond acceptors (Lipinski definition) is 5. The number of imide groups is 1. The van der Waals surface area contributed by atoms with Crippen LogP contribution in [0.5, 0.6) is 11.5 Å². The molecule has 1 saturated heterocycles. The van der Waals surface area contributed by atoms with Crippen LogP contribution < -0.4 is 20.1 Å². The van der Waals surface area contributed by atoms with E-state index in [9.17, 15) is 27.6 Å². The van der Waals surface area contributed by atoms with E-state index >= 15 is 0 Å². The second-order valence-electron chi connectivity index (χ2n) is 7.31. The van der Waals surface area contributed by atoms with Gasteiger partial charge in [-0.15, -0.1) is 0 Å². The van der Waals surface area contributed by atoms with Gasteiger partial charge in [-0.25, -0.2) is 4.79 Å². The number of methoxy groups -OCH3 is 2. The number of carbonyl (C=O) groups is 3. The summed E-state index contributed by atoms with van der Waals surface area (Å²) in [6, 6.07) is 11.5. The highest BCUT2D eigenvalue weighted by Crippen LogP contribution is 2.34. The highest BCUT2D eigenvalue weighted by molar-refractivity contribution is 6.08. The molecule has 0 aromatic heterocycles. The topological polar surface area (TPSA) is 97.0 Å². The van der Waals surface area contributed by atoms with Crippen LogP contribution in [0.4, 0.5) is 18.0 Å². The lowest BCUT2D eigenvalue weighted by molar-refractivity contribution is -0.204. The number of rotatable bonds is 8. The van der Waals surface area contributed by atoms with Gasteiger partial charge in [0.15, 0.2) is 0 Å². The predicted molar refractivity (Wildman–Crippen MR) is 110 cm³/mol. The second kappa shape index (κ2) is 9.39. The number of aryl methyl sites for hydroxylation is 1. The highest BCUT2D eigenvalue weighted by Gasteiger charge is 2.68. The Morgan fingerprint density at radius 2 is 1.48 bits per heavy atom. The van der Waals surface area contributed by atoms with Gasteiger partial charge in [0.25, 0.3) is 11.6 Å². The van der Waals surface area contributed by atoms with E-state index < -0.39 is 36.2 Å². The molecule has 2 aromatic carbocycles. The van der Waals surface area contributed by atoms with Crippen LogP contribution in [0.15, 0.2) is 48.5 Å². The number of benzene rings is 2. The molecule has 1 aliphatic heterocycles. The molecule has 0 saturated carbocycles. The molecular formula is C22H22F3N3O5. The first-order chi connectivity index (χ1) is 15.6. The number of alkyl halides is 3. The van der Waals surface area contributed by atoms with Crippen LogP contribution in [0.25, 0.3) is 0 Å². The van der Waals surface area contributed by atoms with Gasteiger partial charge in [-0.05, 0) is 41.8 Å². The Morgan fingerprint density at radius 1 is 0.970 bits per heavy atom. The fraction of sp³-hybridized carbons (Fsp3) is 0.318. The Bertz CT molecular complexity index is 1030. The third-order valence-corrected chi connectivity index (χ3v) is 5.16. The molecule has 1 atom stereocenters. The van der Waals surface area contributed by atoms with E-state index in [1.54, 1.807) is 47.0 Å². The summed E-state index contributed by atoms with van der Waals surface area (Å²) >= 11 is 0. The summed E-state index contributed by atoms with van der Waals surface area (Å²) in [6.45, 7) is -0.409. The van der Waals surface area contributed by atoms with Crippen molar-refractivity contribution in [2.75, 3.05) is 14.2 Å². The van der Waals surface area contributed by atoms with Crippen LogP contribution in [-0.4, -0.2) is 48.8 Å².